The van der Waals surface area contributed by atoms with Crippen molar-refractivity contribution in [2.75, 3.05) is 13.7 Å². The monoisotopic (exact) mass is 321 g/mol. The molecule has 4 rings (SSSR count). The minimum atomic E-state index is 0.579. The number of hydrogen-bond donors (Lipinski definition) is 0. The highest BCUT2D eigenvalue weighted by Gasteiger charge is 2.20. The molecule has 0 saturated heterocycles. The van der Waals surface area contributed by atoms with Crippen LogP contribution >= 0.6 is 0 Å². The summed E-state index contributed by atoms with van der Waals surface area (Å²) in [5.74, 6) is 0.723. The lowest BCUT2D eigenvalue weighted by atomic mass is 10.1. The van der Waals surface area contributed by atoms with Crippen LogP contribution in [0.15, 0.2) is 54.2 Å². The van der Waals surface area contributed by atoms with Gasteiger partial charge < -0.3 is 9.57 Å². The maximum atomic E-state index is 5.64. The lowest BCUT2D eigenvalue weighted by Gasteiger charge is -2.18. The minimum Gasteiger partial charge on any atom is -0.491 e. The molecule has 0 amide bonds. The van der Waals surface area contributed by atoms with Crippen LogP contribution in [-0.2, 0) is 4.84 Å². The first-order valence-electron chi connectivity index (χ1n) is 7.55. The molecule has 1 aliphatic rings. The van der Waals surface area contributed by atoms with Gasteiger partial charge in [0.1, 0.15) is 24.3 Å². The Kier molecular flexibility index (Phi) is 3.66. The fraction of sp³-hybridized carbons (Fsp3) is 0.176. The van der Waals surface area contributed by atoms with E-state index < -0.39 is 0 Å². The minimum absolute atomic E-state index is 0.579. The largest absolute Gasteiger partial charge is 0.491 e. The van der Waals surface area contributed by atoms with Crippen molar-refractivity contribution >= 4 is 5.71 Å². The Labute approximate surface area is 138 Å². The summed E-state index contributed by atoms with van der Waals surface area (Å²) in [6.07, 6.45) is 7.86. The van der Waals surface area contributed by atoms with Gasteiger partial charge in [0.15, 0.2) is 0 Å². The molecule has 24 heavy (non-hydrogen) atoms. The van der Waals surface area contributed by atoms with E-state index in [-0.39, 0.29) is 0 Å². The van der Waals surface area contributed by atoms with Gasteiger partial charge in [0.2, 0.25) is 0 Å². The molecule has 0 saturated carbocycles. The van der Waals surface area contributed by atoms with E-state index in [9.17, 15) is 0 Å². The molecule has 120 valence electrons. The molecule has 0 atom stereocenters. The van der Waals surface area contributed by atoms with Gasteiger partial charge in [-0.15, -0.1) is 0 Å². The van der Waals surface area contributed by atoms with Crippen molar-refractivity contribution in [2.24, 2.45) is 5.16 Å². The van der Waals surface area contributed by atoms with Crippen molar-refractivity contribution in [2.45, 2.75) is 6.42 Å². The number of fused-ring (bicyclic) bond motifs is 1. The Morgan fingerprint density at radius 1 is 1.25 bits per heavy atom. The summed E-state index contributed by atoms with van der Waals surface area (Å²) in [5, 5.41) is 8.44. The molecule has 0 aliphatic carbocycles. The van der Waals surface area contributed by atoms with Gasteiger partial charge in [-0.25, -0.2) is 9.67 Å². The third-order valence-electron chi connectivity index (χ3n) is 3.72. The number of pyridine rings is 2. The zero-order valence-corrected chi connectivity index (χ0v) is 13.1. The number of rotatable bonds is 3. The molecule has 0 unspecified atom stereocenters. The summed E-state index contributed by atoms with van der Waals surface area (Å²) in [5.41, 5.74) is 4.11. The first-order chi connectivity index (χ1) is 11.8. The summed E-state index contributed by atoms with van der Waals surface area (Å²) in [6.45, 7) is 0.579. The lowest BCUT2D eigenvalue weighted by molar-refractivity contribution is 0.210. The van der Waals surface area contributed by atoms with E-state index in [4.69, 9.17) is 9.57 Å². The zero-order chi connectivity index (χ0) is 16.4. The van der Waals surface area contributed by atoms with E-state index in [1.807, 2.05) is 30.5 Å². The molecule has 7 nitrogen and oxygen atoms in total. The predicted molar refractivity (Wildman–Crippen MR) is 88.2 cm³/mol. The Hall–Kier alpha value is -3.22. The maximum Gasteiger partial charge on any atom is 0.147 e. The fourth-order valence-electron chi connectivity index (χ4n) is 2.59. The Bertz CT molecular complexity index is 889. The Morgan fingerprint density at radius 3 is 3.04 bits per heavy atom. The number of aromatic nitrogens is 4. The normalized spacial score (nSPS) is 15.0. The van der Waals surface area contributed by atoms with Gasteiger partial charge in [0.05, 0.1) is 30.4 Å². The summed E-state index contributed by atoms with van der Waals surface area (Å²) in [7, 11) is 1.53. The van der Waals surface area contributed by atoms with Crippen molar-refractivity contribution in [3.8, 4) is 22.7 Å². The topological polar surface area (TPSA) is 74.4 Å². The van der Waals surface area contributed by atoms with Crippen LogP contribution in [0.5, 0.6) is 5.75 Å². The molecular weight excluding hydrogens is 306 g/mol. The highest BCUT2D eigenvalue weighted by Crippen LogP contribution is 2.27. The average molecular weight is 321 g/mol. The Balaban J connectivity index is 1.72. The van der Waals surface area contributed by atoms with Crippen LogP contribution in [0.1, 0.15) is 12.1 Å². The number of nitrogens with zero attached hydrogens (tertiary/aromatic N) is 5. The first kappa shape index (κ1) is 14.4. The van der Waals surface area contributed by atoms with E-state index in [1.165, 1.54) is 7.11 Å². The molecule has 4 heterocycles. The number of ether oxygens (including phenoxy) is 1. The van der Waals surface area contributed by atoms with Crippen LogP contribution in [0.25, 0.3) is 16.9 Å². The standard InChI is InChI=1S/C17H15N5O2/c1-23-21-15-6-8-24-16-5-4-14(20-17(15)16)12-9-19-22(11-12)13-3-2-7-18-10-13/h2-5,7,9-11H,6,8H2,1H3/b21-15+. The molecule has 0 N–H and O–H groups in total. The number of oxime groups is 1. The van der Waals surface area contributed by atoms with Crippen molar-refractivity contribution in [1.82, 2.24) is 19.7 Å². The third-order valence-corrected chi connectivity index (χ3v) is 3.72. The predicted octanol–water partition coefficient (Wildman–Crippen LogP) is 2.46. The lowest BCUT2D eigenvalue weighted by Crippen LogP contribution is -2.18. The number of hydrogen-bond acceptors (Lipinski definition) is 6. The molecule has 7 heteroatoms. The van der Waals surface area contributed by atoms with Crippen LogP contribution in [-0.4, -0.2) is 39.2 Å². The first-order valence-corrected chi connectivity index (χ1v) is 7.55. The second kappa shape index (κ2) is 6.11. The molecule has 0 spiro atoms. The molecule has 0 radical (unpaired) electrons. The molecule has 0 aromatic carbocycles. The summed E-state index contributed by atoms with van der Waals surface area (Å²) in [6, 6.07) is 7.64. The van der Waals surface area contributed by atoms with Crippen LogP contribution in [0.3, 0.4) is 0 Å². The average Bonchev–Trinajstić information content (AvgIpc) is 3.13. The quantitative estimate of drug-likeness (QED) is 0.693. The van der Waals surface area contributed by atoms with E-state index in [0.29, 0.717) is 13.0 Å². The van der Waals surface area contributed by atoms with Crippen LogP contribution in [0, 0.1) is 0 Å². The zero-order valence-electron chi connectivity index (χ0n) is 13.1. The van der Waals surface area contributed by atoms with E-state index in [1.54, 1.807) is 23.3 Å². The van der Waals surface area contributed by atoms with Gasteiger partial charge in [-0.2, -0.15) is 5.10 Å². The second-order valence-electron chi connectivity index (χ2n) is 5.25. The third kappa shape index (κ3) is 2.60. The van der Waals surface area contributed by atoms with Gasteiger partial charge in [0, 0.05) is 24.4 Å². The molecule has 3 aromatic heterocycles. The van der Waals surface area contributed by atoms with Gasteiger partial charge in [-0.05, 0) is 24.3 Å². The van der Waals surface area contributed by atoms with Crippen molar-refractivity contribution in [3.63, 3.8) is 0 Å². The Morgan fingerprint density at radius 2 is 2.21 bits per heavy atom. The molecule has 3 aromatic rings. The SMILES string of the molecule is CO/N=C1\CCOc2ccc(-c3cnn(-c4cccnc4)c3)nc21. The van der Waals surface area contributed by atoms with Gasteiger partial charge in [-0.3, -0.25) is 4.98 Å². The highest BCUT2D eigenvalue weighted by molar-refractivity contribution is 6.02. The second-order valence-corrected chi connectivity index (χ2v) is 5.25. The van der Waals surface area contributed by atoms with E-state index in [2.05, 4.69) is 20.2 Å². The van der Waals surface area contributed by atoms with E-state index in [0.717, 1.165) is 34.1 Å². The fourth-order valence-corrected chi connectivity index (χ4v) is 2.59. The summed E-state index contributed by atoms with van der Waals surface area (Å²) in [4.78, 5) is 13.7. The molecular formula is C17H15N5O2. The van der Waals surface area contributed by atoms with Crippen LogP contribution in [0.4, 0.5) is 0 Å². The molecule has 1 aliphatic heterocycles. The van der Waals surface area contributed by atoms with Crippen molar-refractivity contribution < 1.29 is 9.57 Å². The van der Waals surface area contributed by atoms with Crippen molar-refractivity contribution in [1.29, 1.82) is 0 Å². The maximum absolute atomic E-state index is 5.64. The highest BCUT2D eigenvalue weighted by atomic mass is 16.6. The van der Waals surface area contributed by atoms with Gasteiger partial charge >= 0.3 is 0 Å². The molecule has 0 bridgehead atoms. The van der Waals surface area contributed by atoms with Crippen LogP contribution in [0.2, 0.25) is 0 Å². The smallest absolute Gasteiger partial charge is 0.147 e. The van der Waals surface area contributed by atoms with Crippen molar-refractivity contribution in [3.05, 3.63) is 54.7 Å². The van der Waals surface area contributed by atoms with E-state index >= 15 is 0 Å². The van der Waals surface area contributed by atoms with Crippen LogP contribution < -0.4 is 4.74 Å². The summed E-state index contributed by atoms with van der Waals surface area (Å²) < 4.78 is 7.41. The molecule has 0 fully saturated rings. The van der Waals surface area contributed by atoms with Gasteiger partial charge in [-0.1, -0.05) is 5.16 Å². The van der Waals surface area contributed by atoms with Gasteiger partial charge in [0.25, 0.3) is 0 Å². The summed E-state index contributed by atoms with van der Waals surface area (Å²) >= 11 is 0.